The van der Waals surface area contributed by atoms with Crippen molar-refractivity contribution in [2.75, 3.05) is 11.6 Å². The number of rotatable bonds is 2. The minimum Gasteiger partial charge on any atom is -0.306 e. The Morgan fingerprint density at radius 3 is 2.61 bits per heavy atom. The largest absolute Gasteiger partial charge is 0.306 e. The Labute approximate surface area is 135 Å². The average Bonchev–Trinajstić information content (AvgIpc) is 2.77. The Morgan fingerprint density at radius 2 is 1.83 bits per heavy atom. The van der Waals surface area contributed by atoms with Gasteiger partial charge < -0.3 is 5.01 Å². The predicted octanol–water partition coefficient (Wildman–Crippen LogP) is 3.27. The van der Waals surface area contributed by atoms with Crippen LogP contribution in [0.2, 0.25) is 0 Å². The van der Waals surface area contributed by atoms with Crippen molar-refractivity contribution in [1.82, 2.24) is 4.68 Å². The minimum atomic E-state index is 0.685. The van der Waals surface area contributed by atoms with Crippen LogP contribution in [0.15, 0.2) is 60.7 Å². The molecule has 0 amide bonds. The second kappa shape index (κ2) is 5.79. The molecule has 23 heavy (non-hydrogen) atoms. The first kappa shape index (κ1) is 13.9. The van der Waals surface area contributed by atoms with E-state index < -0.39 is 0 Å². The molecule has 5 rings (SSSR count). The number of hydrogen-bond acceptors (Lipinski definition) is 2. The molecule has 0 N–H and O–H groups in total. The molecule has 3 nitrogen and oxygen atoms in total. The van der Waals surface area contributed by atoms with E-state index in [2.05, 4.69) is 34.0 Å². The maximum absolute atomic E-state index is 9.80. The van der Waals surface area contributed by atoms with Crippen LogP contribution in [-0.4, -0.2) is 17.2 Å². The van der Waals surface area contributed by atoms with Gasteiger partial charge in [0.25, 0.3) is 0 Å². The third kappa shape index (κ3) is 2.36. The summed E-state index contributed by atoms with van der Waals surface area (Å²) in [5.74, 6) is 1.74. The van der Waals surface area contributed by atoms with Crippen LogP contribution in [0.1, 0.15) is 16.8 Å². The number of benzene rings is 2. The highest BCUT2D eigenvalue weighted by Gasteiger charge is 2.33. The van der Waals surface area contributed by atoms with Crippen molar-refractivity contribution in [2.24, 2.45) is 0 Å². The fourth-order valence-electron chi connectivity index (χ4n) is 3.47. The Balaban J connectivity index is 0.000000123. The predicted molar refractivity (Wildman–Crippen MR) is 92.8 cm³/mol. The van der Waals surface area contributed by atoms with Crippen LogP contribution in [-0.2, 0) is 24.2 Å². The van der Waals surface area contributed by atoms with Gasteiger partial charge in [-0.1, -0.05) is 48.5 Å². The Kier molecular flexibility index (Phi) is 3.49. The summed E-state index contributed by atoms with van der Waals surface area (Å²) in [5, 5.41) is 3.89. The van der Waals surface area contributed by atoms with E-state index in [1.807, 2.05) is 30.3 Å². The van der Waals surface area contributed by atoms with Crippen LogP contribution < -0.4 is 5.01 Å². The molecule has 0 fully saturated rings. The molecule has 1 aromatic heterocycles. The molecule has 4 bridgehead atoms. The van der Waals surface area contributed by atoms with Crippen molar-refractivity contribution >= 4 is 16.8 Å². The molecule has 0 unspecified atom stereocenters. The van der Waals surface area contributed by atoms with Crippen molar-refractivity contribution in [3.05, 3.63) is 77.5 Å². The van der Waals surface area contributed by atoms with Crippen molar-refractivity contribution in [3.63, 3.8) is 0 Å². The summed E-state index contributed by atoms with van der Waals surface area (Å²) in [5.41, 5.74) is 5.69. The number of carbonyl (C=O) groups excluding carboxylic acids is 1. The summed E-state index contributed by atoms with van der Waals surface area (Å²) < 4.78 is 2.38. The van der Waals surface area contributed by atoms with E-state index in [4.69, 9.17) is 0 Å². The van der Waals surface area contributed by atoms with Gasteiger partial charge in [0.05, 0.1) is 17.8 Å². The highest BCUT2D eigenvalue weighted by molar-refractivity contribution is 5.88. The van der Waals surface area contributed by atoms with E-state index in [0.29, 0.717) is 6.42 Å². The summed E-state index contributed by atoms with van der Waals surface area (Å²) in [4.78, 5) is 9.80. The maximum atomic E-state index is 9.80. The van der Waals surface area contributed by atoms with Crippen molar-refractivity contribution in [3.8, 4) is 0 Å². The Morgan fingerprint density at radius 1 is 1.04 bits per heavy atom. The number of nitrogens with zero attached hydrogens (tertiary/aromatic N) is 2. The standard InChI is InChI=1S/C11H10N2.C9H8O/c1-2-4-10-8(3-1)9-5-6-12-7-11(9)13(10)12;10-8-4-7-9-5-2-1-3-6-9/h1-4H,5-7H2;1-6H,7H2. The molecule has 3 heterocycles. The van der Waals surface area contributed by atoms with Gasteiger partial charge in [-0.25, -0.2) is 4.79 Å². The number of allylic oxidation sites excluding steroid dienone is 1. The van der Waals surface area contributed by atoms with Crippen LogP contribution in [0.5, 0.6) is 0 Å². The SMILES string of the molecule is O=C=CCc1ccccc1.c1ccc2c(c1)c1c3n2N(CC1)C3. The molecule has 2 aromatic carbocycles. The fraction of sp³-hybridized carbons (Fsp3) is 0.200. The van der Waals surface area contributed by atoms with E-state index in [1.165, 1.54) is 36.5 Å². The van der Waals surface area contributed by atoms with Gasteiger partial charge in [-0.3, -0.25) is 4.68 Å². The molecule has 3 heteroatoms. The van der Waals surface area contributed by atoms with Gasteiger partial charge in [-0.2, -0.15) is 0 Å². The number of fused-ring (bicyclic) bond motifs is 2. The Bertz CT molecular complexity index is 856. The minimum absolute atomic E-state index is 0.685. The van der Waals surface area contributed by atoms with Gasteiger partial charge in [-0.15, -0.1) is 0 Å². The molecule has 3 aromatic rings. The molecule has 114 valence electrons. The molecule has 0 atom stereocenters. The first-order chi connectivity index (χ1) is 11.4. The van der Waals surface area contributed by atoms with Crippen LogP contribution in [0.4, 0.5) is 0 Å². The molecule has 2 aliphatic rings. The fourth-order valence-corrected chi connectivity index (χ4v) is 3.47. The van der Waals surface area contributed by atoms with Gasteiger partial charge in [0.15, 0.2) is 0 Å². The van der Waals surface area contributed by atoms with Crippen LogP contribution >= 0.6 is 0 Å². The lowest BCUT2D eigenvalue weighted by Gasteiger charge is -2.41. The topological polar surface area (TPSA) is 25.2 Å². The average molecular weight is 302 g/mol. The second-order valence-electron chi connectivity index (χ2n) is 5.90. The lowest BCUT2D eigenvalue weighted by atomic mass is 10.0. The van der Waals surface area contributed by atoms with Crippen molar-refractivity contribution < 1.29 is 4.79 Å². The van der Waals surface area contributed by atoms with E-state index in [0.717, 1.165) is 5.56 Å². The molecule has 2 aliphatic heterocycles. The molecule has 0 spiro atoms. The van der Waals surface area contributed by atoms with E-state index >= 15 is 0 Å². The second-order valence-corrected chi connectivity index (χ2v) is 5.90. The van der Waals surface area contributed by atoms with Gasteiger partial charge in [0.1, 0.15) is 5.94 Å². The molecule has 0 saturated carbocycles. The molecule has 0 aliphatic carbocycles. The first-order valence-corrected chi connectivity index (χ1v) is 7.98. The van der Waals surface area contributed by atoms with Gasteiger partial charge in [0, 0.05) is 24.4 Å². The Hall–Kier alpha value is -2.77. The van der Waals surface area contributed by atoms with Gasteiger partial charge in [0.2, 0.25) is 0 Å². The van der Waals surface area contributed by atoms with Crippen LogP contribution in [0, 0.1) is 0 Å². The summed E-state index contributed by atoms with van der Waals surface area (Å²) in [6, 6.07) is 18.6. The zero-order valence-electron chi connectivity index (χ0n) is 12.9. The van der Waals surface area contributed by atoms with E-state index in [-0.39, 0.29) is 0 Å². The zero-order valence-corrected chi connectivity index (χ0v) is 12.9. The smallest absolute Gasteiger partial charge is 0.120 e. The number of hydrogen-bond donors (Lipinski definition) is 0. The third-order valence-electron chi connectivity index (χ3n) is 4.56. The van der Waals surface area contributed by atoms with Crippen LogP contribution in [0.3, 0.4) is 0 Å². The maximum Gasteiger partial charge on any atom is 0.120 e. The third-order valence-corrected chi connectivity index (χ3v) is 4.56. The summed E-state index contributed by atoms with van der Waals surface area (Å²) in [7, 11) is 0. The van der Waals surface area contributed by atoms with Crippen molar-refractivity contribution in [2.45, 2.75) is 19.4 Å². The molecular weight excluding hydrogens is 284 g/mol. The zero-order chi connectivity index (χ0) is 15.6. The lowest BCUT2D eigenvalue weighted by molar-refractivity contribution is 0.454. The van der Waals surface area contributed by atoms with E-state index in [9.17, 15) is 4.79 Å². The number of para-hydroxylation sites is 1. The highest BCUT2D eigenvalue weighted by atomic mass is 16.1. The lowest BCUT2D eigenvalue weighted by Crippen LogP contribution is -2.49. The molecule has 0 saturated heterocycles. The van der Waals surface area contributed by atoms with Crippen LogP contribution in [0.25, 0.3) is 10.9 Å². The monoisotopic (exact) mass is 302 g/mol. The quantitative estimate of drug-likeness (QED) is 0.679. The summed E-state index contributed by atoms with van der Waals surface area (Å²) in [6.45, 7) is 2.37. The number of aromatic nitrogens is 1. The van der Waals surface area contributed by atoms with Gasteiger partial charge >= 0.3 is 0 Å². The van der Waals surface area contributed by atoms with Crippen molar-refractivity contribution in [1.29, 1.82) is 0 Å². The molecular formula is C20H18N2O. The normalized spacial score (nSPS) is 13.7. The van der Waals surface area contributed by atoms with E-state index in [1.54, 1.807) is 17.2 Å². The van der Waals surface area contributed by atoms with Gasteiger partial charge in [-0.05, 0) is 23.6 Å². The summed E-state index contributed by atoms with van der Waals surface area (Å²) in [6.07, 6.45) is 3.41. The first-order valence-electron chi connectivity index (χ1n) is 7.98. The summed E-state index contributed by atoms with van der Waals surface area (Å²) >= 11 is 0. The highest BCUT2D eigenvalue weighted by Crippen LogP contribution is 2.36. The molecule has 0 radical (unpaired) electrons.